The summed E-state index contributed by atoms with van der Waals surface area (Å²) in [6, 6.07) is 2.33. The minimum absolute atomic E-state index is 1.17. The van der Waals surface area contributed by atoms with Crippen LogP contribution in [0.1, 0.15) is 36.1 Å². The summed E-state index contributed by atoms with van der Waals surface area (Å²) >= 11 is 3.67. The van der Waals surface area contributed by atoms with Gasteiger partial charge >= 0.3 is 0 Å². The van der Waals surface area contributed by atoms with Crippen molar-refractivity contribution in [2.75, 3.05) is 0 Å². The summed E-state index contributed by atoms with van der Waals surface area (Å²) in [6.07, 6.45) is 9.46. The number of hydrogen-bond donors (Lipinski definition) is 0. The monoisotopic (exact) mass is 275 g/mol. The Morgan fingerprint density at radius 1 is 1.11 bits per heavy atom. The maximum atomic E-state index is 4.55. The van der Waals surface area contributed by atoms with Crippen molar-refractivity contribution in [1.29, 1.82) is 0 Å². The molecule has 0 aromatic carbocycles. The van der Waals surface area contributed by atoms with Crippen LogP contribution in [0.15, 0.2) is 29.4 Å². The van der Waals surface area contributed by atoms with Gasteiger partial charge in [0.2, 0.25) is 0 Å². The van der Waals surface area contributed by atoms with E-state index in [1.54, 1.807) is 5.57 Å². The highest BCUT2D eigenvalue weighted by atomic mass is 32.1. The van der Waals surface area contributed by atoms with E-state index in [1.807, 2.05) is 22.7 Å². The SMILES string of the molecule is CC1=CC=C(CCc2cc3sc(C)nc3s2)CC1. The molecule has 0 atom stereocenters. The Hall–Kier alpha value is -0.930. The van der Waals surface area contributed by atoms with Crippen LogP contribution in [0.25, 0.3) is 9.53 Å². The van der Waals surface area contributed by atoms with Crippen LogP contribution in [-0.2, 0) is 6.42 Å². The van der Waals surface area contributed by atoms with Crippen molar-refractivity contribution in [3.8, 4) is 0 Å². The van der Waals surface area contributed by atoms with Crippen molar-refractivity contribution in [3.63, 3.8) is 0 Å². The van der Waals surface area contributed by atoms with Gasteiger partial charge in [0, 0.05) is 4.88 Å². The topological polar surface area (TPSA) is 12.9 Å². The van der Waals surface area contributed by atoms with E-state index in [-0.39, 0.29) is 0 Å². The first-order valence-corrected chi connectivity index (χ1v) is 8.05. The van der Waals surface area contributed by atoms with Crippen LogP contribution in [0.3, 0.4) is 0 Å². The highest BCUT2D eigenvalue weighted by Gasteiger charge is 2.08. The maximum absolute atomic E-state index is 4.55. The van der Waals surface area contributed by atoms with Crippen LogP contribution in [-0.4, -0.2) is 4.98 Å². The number of thiazole rings is 1. The molecule has 0 spiro atoms. The van der Waals surface area contributed by atoms with Crippen molar-refractivity contribution in [2.24, 2.45) is 0 Å². The van der Waals surface area contributed by atoms with Gasteiger partial charge in [-0.05, 0) is 45.6 Å². The van der Waals surface area contributed by atoms with Gasteiger partial charge in [-0.3, -0.25) is 0 Å². The fourth-order valence-electron chi connectivity index (χ4n) is 2.29. The second kappa shape index (κ2) is 4.98. The molecule has 0 amide bonds. The molecule has 0 aliphatic heterocycles. The molecule has 0 saturated carbocycles. The average molecular weight is 275 g/mol. The molecule has 94 valence electrons. The summed E-state index contributed by atoms with van der Waals surface area (Å²) in [5.74, 6) is 0. The number of aromatic nitrogens is 1. The fourth-order valence-corrected chi connectivity index (χ4v) is 4.43. The molecule has 1 aliphatic rings. The van der Waals surface area contributed by atoms with Crippen LogP contribution in [0.5, 0.6) is 0 Å². The summed E-state index contributed by atoms with van der Waals surface area (Å²) in [5.41, 5.74) is 3.11. The second-order valence-corrected chi connectivity index (χ2v) is 7.30. The quantitative estimate of drug-likeness (QED) is 0.744. The number of rotatable bonds is 3. The summed E-state index contributed by atoms with van der Waals surface area (Å²) in [7, 11) is 0. The van der Waals surface area contributed by atoms with Crippen LogP contribution < -0.4 is 0 Å². The van der Waals surface area contributed by atoms with E-state index < -0.39 is 0 Å². The van der Waals surface area contributed by atoms with Crippen molar-refractivity contribution in [2.45, 2.75) is 39.5 Å². The van der Waals surface area contributed by atoms with Crippen LogP contribution in [0.4, 0.5) is 0 Å². The Morgan fingerprint density at radius 2 is 2.00 bits per heavy atom. The highest BCUT2D eigenvalue weighted by molar-refractivity contribution is 7.27. The average Bonchev–Trinajstić information content (AvgIpc) is 2.85. The van der Waals surface area contributed by atoms with Crippen molar-refractivity contribution < 1.29 is 0 Å². The van der Waals surface area contributed by atoms with E-state index >= 15 is 0 Å². The lowest BCUT2D eigenvalue weighted by Gasteiger charge is -2.11. The molecule has 1 nitrogen and oxygen atoms in total. The third kappa shape index (κ3) is 2.57. The summed E-state index contributed by atoms with van der Waals surface area (Å²) in [5, 5.41) is 1.18. The molecule has 0 unspecified atom stereocenters. The standard InChI is InChI=1S/C15H17NS2/c1-10-3-5-12(6-4-10)7-8-13-9-14-15(18-13)16-11(2)17-14/h3,5,9H,4,6-8H2,1-2H3. The van der Waals surface area contributed by atoms with Gasteiger partial charge in [0.1, 0.15) is 4.83 Å². The van der Waals surface area contributed by atoms with E-state index in [9.17, 15) is 0 Å². The molecule has 2 aromatic rings. The molecular weight excluding hydrogens is 258 g/mol. The fraction of sp³-hybridized carbons (Fsp3) is 0.400. The van der Waals surface area contributed by atoms with Crippen LogP contribution in [0, 0.1) is 6.92 Å². The van der Waals surface area contributed by atoms with Crippen molar-refractivity contribution in [1.82, 2.24) is 4.98 Å². The number of aryl methyl sites for hydroxylation is 2. The number of nitrogens with zero attached hydrogens (tertiary/aromatic N) is 1. The van der Waals surface area contributed by atoms with E-state index in [0.29, 0.717) is 0 Å². The first-order chi connectivity index (χ1) is 8.70. The smallest absolute Gasteiger partial charge is 0.134 e. The molecule has 0 radical (unpaired) electrons. The normalized spacial score (nSPS) is 15.9. The first-order valence-electron chi connectivity index (χ1n) is 6.42. The summed E-state index contributed by atoms with van der Waals surface area (Å²) < 4.78 is 1.36. The summed E-state index contributed by atoms with van der Waals surface area (Å²) in [6.45, 7) is 4.30. The molecule has 18 heavy (non-hydrogen) atoms. The van der Waals surface area contributed by atoms with Crippen LogP contribution >= 0.6 is 22.7 Å². The van der Waals surface area contributed by atoms with Gasteiger partial charge in [-0.15, -0.1) is 22.7 Å². The van der Waals surface area contributed by atoms with E-state index in [2.05, 4.69) is 37.0 Å². The lowest BCUT2D eigenvalue weighted by molar-refractivity contribution is 0.822. The van der Waals surface area contributed by atoms with Crippen LogP contribution in [0.2, 0.25) is 0 Å². The predicted octanol–water partition coefficient (Wildman–Crippen LogP) is 5.27. The molecule has 0 fully saturated rings. The van der Waals surface area contributed by atoms with Gasteiger partial charge in [-0.25, -0.2) is 4.98 Å². The van der Waals surface area contributed by atoms with E-state index in [4.69, 9.17) is 0 Å². The molecule has 3 heteroatoms. The Labute approximate surface area is 116 Å². The molecule has 0 N–H and O–H groups in total. The lowest BCUT2D eigenvalue weighted by atomic mass is 9.96. The van der Waals surface area contributed by atoms with Gasteiger partial charge in [0.15, 0.2) is 0 Å². The predicted molar refractivity (Wildman–Crippen MR) is 81.6 cm³/mol. The number of thiophene rings is 1. The molecule has 1 aliphatic carbocycles. The van der Waals surface area contributed by atoms with Gasteiger partial charge in [0.25, 0.3) is 0 Å². The molecule has 0 bridgehead atoms. The third-order valence-corrected chi connectivity index (χ3v) is 5.52. The minimum Gasteiger partial charge on any atom is -0.231 e. The van der Waals surface area contributed by atoms with Crippen molar-refractivity contribution >= 4 is 32.2 Å². The Bertz CT molecular complexity index is 596. The van der Waals surface area contributed by atoms with Gasteiger partial charge in [-0.1, -0.05) is 23.3 Å². The Morgan fingerprint density at radius 3 is 2.72 bits per heavy atom. The van der Waals surface area contributed by atoms with Gasteiger partial charge in [0.05, 0.1) is 9.71 Å². The highest BCUT2D eigenvalue weighted by Crippen LogP contribution is 2.31. The molecular formula is C15H17NS2. The van der Waals surface area contributed by atoms with E-state index in [0.717, 1.165) is 0 Å². The third-order valence-electron chi connectivity index (χ3n) is 3.38. The van der Waals surface area contributed by atoms with Gasteiger partial charge in [-0.2, -0.15) is 0 Å². The lowest BCUT2D eigenvalue weighted by Crippen LogP contribution is -1.93. The number of allylic oxidation sites excluding steroid dienone is 4. The Kier molecular flexibility index (Phi) is 3.35. The molecule has 2 heterocycles. The zero-order valence-electron chi connectivity index (χ0n) is 10.8. The number of hydrogen-bond acceptors (Lipinski definition) is 3. The van der Waals surface area contributed by atoms with E-state index in [1.165, 1.54) is 50.7 Å². The van der Waals surface area contributed by atoms with Gasteiger partial charge < -0.3 is 0 Å². The summed E-state index contributed by atoms with van der Waals surface area (Å²) in [4.78, 5) is 7.26. The molecule has 3 rings (SSSR count). The zero-order valence-corrected chi connectivity index (χ0v) is 12.5. The molecule has 0 saturated heterocycles. The zero-order chi connectivity index (χ0) is 12.5. The van der Waals surface area contributed by atoms with Crippen molar-refractivity contribution in [3.05, 3.63) is 39.2 Å². The largest absolute Gasteiger partial charge is 0.231 e. The second-order valence-electron chi connectivity index (χ2n) is 4.95. The minimum atomic E-state index is 1.17. The molecule has 2 aromatic heterocycles. The first kappa shape index (κ1) is 12.1. The Balaban J connectivity index is 1.68. The number of fused-ring (bicyclic) bond motifs is 1. The maximum Gasteiger partial charge on any atom is 0.134 e.